The van der Waals surface area contributed by atoms with E-state index in [0.717, 1.165) is 5.56 Å². The number of carbonyl (C=O) groups is 1. The first-order chi connectivity index (χ1) is 7.29. The van der Waals surface area contributed by atoms with Gasteiger partial charge in [0.2, 0.25) is 0 Å². The molecule has 0 atom stereocenters. The van der Waals surface area contributed by atoms with Crippen molar-refractivity contribution in [2.45, 2.75) is 33.3 Å². The number of benzene rings is 1. The van der Waals surface area contributed by atoms with E-state index < -0.39 is 11.5 Å². The summed E-state index contributed by atoms with van der Waals surface area (Å²) in [5.74, 6) is -0.503. The summed E-state index contributed by atoms with van der Waals surface area (Å²) in [6.07, 6.45) is 0. The van der Waals surface area contributed by atoms with E-state index in [-0.39, 0.29) is 11.3 Å². The van der Waals surface area contributed by atoms with Gasteiger partial charge in [-0.2, -0.15) is 0 Å². The minimum Gasteiger partial charge on any atom is -0.507 e. The summed E-state index contributed by atoms with van der Waals surface area (Å²) in [7, 11) is 0. The number of phenolic OH excluding ortho intramolecular Hbond substituents is 1. The zero-order valence-corrected chi connectivity index (χ0v) is 10.00. The molecule has 0 aliphatic heterocycles. The third-order valence-corrected chi connectivity index (χ3v) is 1.85. The lowest BCUT2D eigenvalue weighted by Crippen LogP contribution is -2.33. The Morgan fingerprint density at radius 3 is 2.56 bits per heavy atom. The molecule has 0 aliphatic carbocycles. The van der Waals surface area contributed by atoms with Gasteiger partial charge >= 0.3 is 0 Å². The van der Waals surface area contributed by atoms with Crippen LogP contribution >= 0.6 is 0 Å². The van der Waals surface area contributed by atoms with Crippen molar-refractivity contribution < 1.29 is 14.7 Å². The highest BCUT2D eigenvalue weighted by Gasteiger charge is 2.16. The summed E-state index contributed by atoms with van der Waals surface area (Å²) in [6.45, 7) is 7.32. The average Bonchev–Trinajstić information content (AvgIpc) is 2.17. The maximum atomic E-state index is 11.7. The van der Waals surface area contributed by atoms with Crippen LogP contribution in [0.15, 0.2) is 18.2 Å². The molecule has 88 valence electrons. The maximum absolute atomic E-state index is 11.7. The second-order valence-corrected chi connectivity index (χ2v) is 4.67. The number of nitrogens with one attached hydrogen (secondary N) is 1. The predicted molar refractivity (Wildman–Crippen MR) is 61.1 cm³/mol. The molecule has 0 saturated carbocycles. The average molecular weight is 223 g/mol. The number of carbonyl (C=O) groups excluding carboxylic acids is 1. The minimum absolute atomic E-state index is 0.0550. The van der Waals surface area contributed by atoms with Crippen molar-refractivity contribution in [3.8, 4) is 5.75 Å². The number of hydrogen-bond acceptors (Lipinski definition) is 3. The quantitative estimate of drug-likeness (QED) is 0.755. The fourth-order valence-corrected chi connectivity index (χ4v) is 1.09. The van der Waals surface area contributed by atoms with Crippen LogP contribution in [0.1, 0.15) is 36.7 Å². The molecule has 0 bridgehead atoms. The van der Waals surface area contributed by atoms with Gasteiger partial charge in [0.25, 0.3) is 5.91 Å². The third kappa shape index (κ3) is 3.55. The van der Waals surface area contributed by atoms with Crippen molar-refractivity contribution in [1.29, 1.82) is 0 Å². The monoisotopic (exact) mass is 223 g/mol. The molecule has 1 amide bonds. The number of aromatic hydroxyl groups is 1. The molecular formula is C12H17NO3. The van der Waals surface area contributed by atoms with Crippen molar-refractivity contribution in [3.05, 3.63) is 29.3 Å². The van der Waals surface area contributed by atoms with Gasteiger partial charge in [-0.25, -0.2) is 5.48 Å². The van der Waals surface area contributed by atoms with Gasteiger partial charge in [-0.1, -0.05) is 11.6 Å². The van der Waals surface area contributed by atoms with Crippen LogP contribution in [-0.2, 0) is 4.84 Å². The molecule has 4 nitrogen and oxygen atoms in total. The molecule has 0 fully saturated rings. The molecule has 4 heteroatoms. The molecule has 0 radical (unpaired) electrons. The molecule has 1 aromatic rings. The summed E-state index contributed by atoms with van der Waals surface area (Å²) in [6, 6.07) is 4.83. The number of amides is 1. The Morgan fingerprint density at radius 1 is 1.38 bits per heavy atom. The Kier molecular flexibility index (Phi) is 3.55. The van der Waals surface area contributed by atoms with Gasteiger partial charge in [-0.3, -0.25) is 9.63 Å². The van der Waals surface area contributed by atoms with Crippen LogP contribution in [0.3, 0.4) is 0 Å². The molecule has 0 heterocycles. The molecule has 1 aromatic carbocycles. The fraction of sp³-hybridized carbons (Fsp3) is 0.417. The lowest BCUT2D eigenvalue weighted by atomic mass is 10.1. The second-order valence-electron chi connectivity index (χ2n) is 4.67. The minimum atomic E-state index is -0.463. The van der Waals surface area contributed by atoms with Crippen LogP contribution in [0.25, 0.3) is 0 Å². The number of phenols is 1. The first-order valence-electron chi connectivity index (χ1n) is 5.07. The molecule has 16 heavy (non-hydrogen) atoms. The van der Waals surface area contributed by atoms with Gasteiger partial charge in [0, 0.05) is 0 Å². The van der Waals surface area contributed by atoms with Crippen molar-refractivity contribution in [2.24, 2.45) is 0 Å². The van der Waals surface area contributed by atoms with Gasteiger partial charge < -0.3 is 5.11 Å². The molecule has 0 aromatic heterocycles. The number of rotatable bonds is 2. The molecule has 0 aliphatic rings. The summed E-state index contributed by atoms with van der Waals surface area (Å²) in [5, 5.41) is 9.52. The van der Waals surface area contributed by atoms with Crippen LogP contribution in [-0.4, -0.2) is 16.6 Å². The summed E-state index contributed by atoms with van der Waals surface area (Å²) < 4.78 is 0. The normalized spacial score (nSPS) is 11.2. The van der Waals surface area contributed by atoms with E-state index in [9.17, 15) is 9.90 Å². The molecule has 0 unspecified atom stereocenters. The van der Waals surface area contributed by atoms with Gasteiger partial charge in [0.05, 0.1) is 11.2 Å². The fourth-order valence-electron chi connectivity index (χ4n) is 1.09. The van der Waals surface area contributed by atoms with Crippen LogP contribution in [0.5, 0.6) is 5.75 Å². The largest absolute Gasteiger partial charge is 0.507 e. The van der Waals surface area contributed by atoms with Gasteiger partial charge in [0.15, 0.2) is 0 Å². The molecular weight excluding hydrogens is 206 g/mol. The smallest absolute Gasteiger partial charge is 0.278 e. The Balaban J connectivity index is 2.77. The standard InChI is InChI=1S/C12H17NO3/c1-8-5-6-10(14)9(7-8)11(15)13-16-12(2,3)4/h5-7,14H,1-4H3,(H,13,15). The van der Waals surface area contributed by atoms with E-state index in [4.69, 9.17) is 4.84 Å². The van der Waals surface area contributed by atoms with Gasteiger partial charge in [-0.15, -0.1) is 0 Å². The Hall–Kier alpha value is -1.55. The van der Waals surface area contributed by atoms with Crippen LogP contribution in [0.4, 0.5) is 0 Å². The van der Waals surface area contributed by atoms with E-state index in [1.165, 1.54) is 6.07 Å². The summed E-state index contributed by atoms with van der Waals surface area (Å²) in [4.78, 5) is 16.8. The predicted octanol–water partition coefficient (Wildman–Crippen LogP) is 2.16. The van der Waals surface area contributed by atoms with Crippen molar-refractivity contribution in [1.82, 2.24) is 5.48 Å². The van der Waals surface area contributed by atoms with E-state index in [1.807, 2.05) is 27.7 Å². The van der Waals surface area contributed by atoms with Crippen LogP contribution in [0.2, 0.25) is 0 Å². The SMILES string of the molecule is Cc1ccc(O)c(C(=O)NOC(C)(C)C)c1. The number of hydroxylamine groups is 1. The highest BCUT2D eigenvalue weighted by Crippen LogP contribution is 2.18. The molecule has 0 spiro atoms. The van der Waals surface area contributed by atoms with E-state index in [2.05, 4.69) is 5.48 Å². The van der Waals surface area contributed by atoms with Gasteiger partial charge in [0.1, 0.15) is 5.75 Å². The Bertz CT molecular complexity index is 394. The maximum Gasteiger partial charge on any atom is 0.278 e. The second kappa shape index (κ2) is 4.53. The summed E-state index contributed by atoms with van der Waals surface area (Å²) >= 11 is 0. The zero-order chi connectivity index (χ0) is 12.3. The summed E-state index contributed by atoms with van der Waals surface area (Å²) in [5.41, 5.74) is 2.96. The highest BCUT2D eigenvalue weighted by molar-refractivity contribution is 5.96. The Morgan fingerprint density at radius 2 is 2.00 bits per heavy atom. The topological polar surface area (TPSA) is 58.6 Å². The first-order valence-corrected chi connectivity index (χ1v) is 5.07. The van der Waals surface area contributed by atoms with Crippen molar-refractivity contribution >= 4 is 5.91 Å². The van der Waals surface area contributed by atoms with Gasteiger partial charge in [-0.05, 0) is 39.8 Å². The van der Waals surface area contributed by atoms with Crippen molar-refractivity contribution in [2.75, 3.05) is 0 Å². The Labute approximate surface area is 95.2 Å². The third-order valence-electron chi connectivity index (χ3n) is 1.85. The number of aryl methyl sites for hydroxylation is 1. The zero-order valence-electron chi connectivity index (χ0n) is 10.00. The highest BCUT2D eigenvalue weighted by atomic mass is 16.7. The molecule has 2 N–H and O–H groups in total. The number of hydrogen-bond donors (Lipinski definition) is 2. The molecule has 1 rings (SSSR count). The lowest BCUT2D eigenvalue weighted by molar-refractivity contribution is -0.0590. The molecule has 0 saturated heterocycles. The van der Waals surface area contributed by atoms with Crippen molar-refractivity contribution in [3.63, 3.8) is 0 Å². The van der Waals surface area contributed by atoms with E-state index in [0.29, 0.717) is 0 Å². The van der Waals surface area contributed by atoms with Crippen LogP contribution in [0, 0.1) is 6.92 Å². The first kappa shape index (κ1) is 12.5. The lowest BCUT2D eigenvalue weighted by Gasteiger charge is -2.19. The van der Waals surface area contributed by atoms with Crippen LogP contribution < -0.4 is 5.48 Å². The van der Waals surface area contributed by atoms with E-state index >= 15 is 0 Å². The van der Waals surface area contributed by atoms with E-state index in [1.54, 1.807) is 12.1 Å².